The molecule has 9 nitrogen and oxygen atoms in total. The Balaban J connectivity index is 1.61. The number of hydrogen-bond donors (Lipinski definition) is 1. The van der Waals surface area contributed by atoms with E-state index in [0.717, 1.165) is 38.1 Å². The molecule has 0 spiro atoms. The third-order valence-electron chi connectivity index (χ3n) is 6.13. The van der Waals surface area contributed by atoms with Crippen LogP contribution >= 0.6 is 0 Å². The van der Waals surface area contributed by atoms with E-state index in [0.29, 0.717) is 24.6 Å². The van der Waals surface area contributed by atoms with Gasteiger partial charge in [0.15, 0.2) is 5.82 Å². The zero-order chi connectivity index (χ0) is 24.5. The molecule has 3 heterocycles. The maximum Gasteiger partial charge on any atom is 0.272 e. The van der Waals surface area contributed by atoms with Crippen molar-refractivity contribution in [2.24, 2.45) is 7.05 Å². The van der Waals surface area contributed by atoms with E-state index in [1.807, 2.05) is 4.57 Å². The zero-order valence-electron chi connectivity index (χ0n) is 19.6. The summed E-state index contributed by atoms with van der Waals surface area (Å²) in [7, 11) is -2.09. The van der Waals surface area contributed by atoms with E-state index in [1.54, 1.807) is 20.9 Å². The van der Waals surface area contributed by atoms with E-state index in [2.05, 4.69) is 15.5 Å². The van der Waals surface area contributed by atoms with Crippen LogP contribution in [0.15, 0.2) is 35.4 Å². The first-order valence-electron chi connectivity index (χ1n) is 11.5. The average Bonchev–Trinajstić information content (AvgIpc) is 3.32. The molecular weight excluding hydrogens is 459 g/mol. The topological polar surface area (TPSA) is 102 Å². The molecule has 4 rings (SSSR count). The average molecular weight is 489 g/mol. The van der Waals surface area contributed by atoms with Crippen LogP contribution in [0.3, 0.4) is 0 Å². The Kier molecular flexibility index (Phi) is 6.85. The van der Waals surface area contributed by atoms with Crippen LogP contribution in [0.5, 0.6) is 0 Å². The number of nitrogens with zero attached hydrogens (tertiary/aromatic N) is 5. The monoisotopic (exact) mass is 488 g/mol. The fourth-order valence-corrected chi connectivity index (χ4v) is 5.80. The summed E-state index contributed by atoms with van der Waals surface area (Å²) in [6, 6.07) is 5.63. The molecule has 1 aromatic carbocycles. The van der Waals surface area contributed by atoms with Crippen LogP contribution in [0.25, 0.3) is 11.4 Å². The molecule has 0 aliphatic carbocycles. The SMILES string of the molecule is CCN(CC)S(=O)(=O)c1cc(C(=O)Nc2ccc(F)c(-c3nnc4n3CCCCC4)c2)n(C)c1. The number of rotatable bonds is 7. The van der Waals surface area contributed by atoms with Gasteiger partial charge in [0.2, 0.25) is 10.0 Å². The highest BCUT2D eigenvalue weighted by Gasteiger charge is 2.26. The highest BCUT2D eigenvalue weighted by molar-refractivity contribution is 7.89. The van der Waals surface area contributed by atoms with Crippen molar-refractivity contribution >= 4 is 21.6 Å². The first-order chi connectivity index (χ1) is 16.3. The molecule has 1 N–H and O–H groups in total. The summed E-state index contributed by atoms with van der Waals surface area (Å²) in [5, 5.41) is 11.2. The minimum atomic E-state index is -3.70. The summed E-state index contributed by atoms with van der Waals surface area (Å²) in [6.07, 6.45) is 5.31. The zero-order valence-corrected chi connectivity index (χ0v) is 20.4. The maximum atomic E-state index is 14.7. The van der Waals surface area contributed by atoms with Crippen molar-refractivity contribution in [3.63, 3.8) is 0 Å². The van der Waals surface area contributed by atoms with Crippen LogP contribution in [0.2, 0.25) is 0 Å². The van der Waals surface area contributed by atoms with Crippen molar-refractivity contribution in [3.8, 4) is 11.4 Å². The molecule has 3 aromatic rings. The van der Waals surface area contributed by atoms with E-state index < -0.39 is 21.7 Å². The second kappa shape index (κ2) is 9.67. The second-order valence-corrected chi connectivity index (χ2v) is 10.3. The minimum Gasteiger partial charge on any atom is -0.345 e. The molecule has 1 amide bonds. The van der Waals surface area contributed by atoms with Gasteiger partial charge in [-0.2, -0.15) is 4.31 Å². The van der Waals surface area contributed by atoms with Crippen molar-refractivity contribution in [1.29, 1.82) is 0 Å². The Bertz CT molecular complexity index is 1310. The number of anilines is 1. The summed E-state index contributed by atoms with van der Waals surface area (Å²) < 4.78 is 45.1. The number of fused-ring (bicyclic) bond motifs is 1. The van der Waals surface area contributed by atoms with E-state index >= 15 is 0 Å². The van der Waals surface area contributed by atoms with Gasteiger partial charge in [-0.3, -0.25) is 4.79 Å². The number of nitrogens with one attached hydrogen (secondary N) is 1. The van der Waals surface area contributed by atoms with Gasteiger partial charge < -0.3 is 14.5 Å². The van der Waals surface area contributed by atoms with Crippen molar-refractivity contribution in [2.45, 2.75) is 51.0 Å². The predicted molar refractivity (Wildman–Crippen MR) is 126 cm³/mol. The molecule has 0 bridgehead atoms. The summed E-state index contributed by atoms with van der Waals surface area (Å²) in [4.78, 5) is 13.0. The maximum absolute atomic E-state index is 14.7. The van der Waals surface area contributed by atoms with E-state index in [-0.39, 0.29) is 16.2 Å². The number of halogens is 1. The molecule has 0 fully saturated rings. The highest BCUT2D eigenvalue weighted by atomic mass is 32.2. The fourth-order valence-electron chi connectivity index (χ4n) is 4.27. The van der Waals surface area contributed by atoms with Crippen LogP contribution < -0.4 is 5.32 Å². The van der Waals surface area contributed by atoms with Gasteiger partial charge in [0, 0.05) is 45.0 Å². The Morgan fingerprint density at radius 2 is 1.91 bits per heavy atom. The molecule has 1 aliphatic heterocycles. The predicted octanol–water partition coefficient (Wildman–Crippen LogP) is 3.43. The molecule has 0 saturated heterocycles. The van der Waals surface area contributed by atoms with Crippen molar-refractivity contribution in [2.75, 3.05) is 18.4 Å². The third kappa shape index (κ3) is 4.49. The van der Waals surface area contributed by atoms with Gasteiger partial charge in [0.25, 0.3) is 5.91 Å². The lowest BCUT2D eigenvalue weighted by molar-refractivity contribution is 0.101. The van der Waals surface area contributed by atoms with Gasteiger partial charge in [-0.05, 0) is 37.1 Å². The Labute approximate surface area is 198 Å². The number of aryl methyl sites for hydroxylation is 2. The number of hydrogen-bond acceptors (Lipinski definition) is 5. The van der Waals surface area contributed by atoms with Gasteiger partial charge in [-0.1, -0.05) is 20.3 Å². The smallest absolute Gasteiger partial charge is 0.272 e. The van der Waals surface area contributed by atoms with E-state index in [9.17, 15) is 17.6 Å². The van der Waals surface area contributed by atoms with Gasteiger partial charge in [0.1, 0.15) is 22.2 Å². The molecule has 11 heteroatoms. The van der Waals surface area contributed by atoms with Gasteiger partial charge >= 0.3 is 0 Å². The molecule has 0 radical (unpaired) electrons. The van der Waals surface area contributed by atoms with Crippen molar-refractivity contribution in [3.05, 3.63) is 47.8 Å². The van der Waals surface area contributed by atoms with Crippen LogP contribution in [-0.2, 0) is 30.0 Å². The lowest BCUT2D eigenvalue weighted by atomic mass is 10.1. The lowest BCUT2D eigenvalue weighted by Gasteiger charge is -2.17. The molecular formula is C23H29FN6O3S. The standard InChI is InChI=1S/C23H29FN6O3S/c1-4-29(5-2)34(32,33)17-14-20(28(3)15-17)23(31)25-16-10-11-19(24)18(13-16)22-27-26-21-9-7-6-8-12-30(21)22/h10-11,13-15H,4-9,12H2,1-3H3,(H,25,31). The molecule has 0 saturated carbocycles. The quantitative estimate of drug-likeness (QED) is 0.549. The summed E-state index contributed by atoms with van der Waals surface area (Å²) in [5.74, 6) is 0.328. The van der Waals surface area contributed by atoms with Crippen LogP contribution in [0, 0.1) is 5.82 Å². The normalized spacial score (nSPS) is 14.1. The van der Waals surface area contributed by atoms with E-state index in [4.69, 9.17) is 0 Å². The summed E-state index contributed by atoms with van der Waals surface area (Å²) in [6.45, 7) is 4.91. The highest BCUT2D eigenvalue weighted by Crippen LogP contribution is 2.28. The molecule has 1 aliphatic rings. The Morgan fingerprint density at radius 1 is 1.15 bits per heavy atom. The number of carbonyl (C=O) groups is 1. The number of amides is 1. The van der Waals surface area contributed by atoms with Gasteiger partial charge in [-0.15, -0.1) is 10.2 Å². The van der Waals surface area contributed by atoms with E-state index in [1.165, 1.54) is 39.3 Å². The first kappa shape index (κ1) is 24.1. The van der Waals surface area contributed by atoms with Crippen LogP contribution in [0.4, 0.5) is 10.1 Å². The number of benzene rings is 1. The molecule has 182 valence electrons. The van der Waals surface area contributed by atoms with Crippen molar-refractivity contribution in [1.82, 2.24) is 23.6 Å². The van der Waals surface area contributed by atoms with Gasteiger partial charge in [0.05, 0.1) is 5.56 Å². The van der Waals surface area contributed by atoms with Crippen molar-refractivity contribution < 1.29 is 17.6 Å². The first-order valence-corrected chi connectivity index (χ1v) is 12.9. The van der Waals surface area contributed by atoms with Crippen LogP contribution in [-0.4, -0.2) is 51.1 Å². The number of aromatic nitrogens is 4. The third-order valence-corrected chi connectivity index (χ3v) is 8.15. The molecule has 2 aromatic heterocycles. The summed E-state index contributed by atoms with van der Waals surface area (Å²) >= 11 is 0. The number of sulfonamides is 1. The Hall–Kier alpha value is -3.05. The minimum absolute atomic E-state index is 0.0507. The summed E-state index contributed by atoms with van der Waals surface area (Å²) in [5.41, 5.74) is 0.810. The molecule has 0 unspecified atom stereocenters. The number of carbonyl (C=O) groups excluding carboxylic acids is 1. The lowest BCUT2D eigenvalue weighted by Crippen LogP contribution is -2.30. The van der Waals surface area contributed by atoms with Gasteiger partial charge in [-0.25, -0.2) is 12.8 Å². The second-order valence-electron chi connectivity index (χ2n) is 8.31. The largest absolute Gasteiger partial charge is 0.345 e. The van der Waals surface area contributed by atoms with Crippen LogP contribution in [0.1, 0.15) is 49.4 Å². The fraction of sp³-hybridized carbons (Fsp3) is 0.435. The Morgan fingerprint density at radius 3 is 2.65 bits per heavy atom. The molecule has 0 atom stereocenters. The molecule has 34 heavy (non-hydrogen) atoms.